The van der Waals surface area contributed by atoms with Gasteiger partial charge in [-0.15, -0.1) is 30.4 Å². The third-order valence-corrected chi connectivity index (χ3v) is 3.50. The number of aliphatic imine (C=N–C) groups is 1. The van der Waals surface area contributed by atoms with Crippen molar-refractivity contribution in [3.05, 3.63) is 23.8 Å². The fourth-order valence-electron chi connectivity index (χ4n) is 2.10. The molecule has 0 aliphatic heterocycles. The summed E-state index contributed by atoms with van der Waals surface area (Å²) in [5.74, 6) is 4.72. The molecule has 134 valence electrons. The van der Waals surface area contributed by atoms with E-state index in [4.69, 9.17) is 15.9 Å². The second-order valence-electron chi connectivity index (χ2n) is 5.71. The van der Waals surface area contributed by atoms with Gasteiger partial charge in [0.2, 0.25) is 0 Å². The lowest BCUT2D eigenvalue weighted by atomic mass is 9.84. The molecule has 6 heteroatoms. The SMILES string of the molecule is C#CCNC(=NCC(C)(C)c1ccc(OC)c(OC)c1)NCC.I. The highest BCUT2D eigenvalue weighted by Gasteiger charge is 2.22. The second kappa shape index (κ2) is 11.0. The Morgan fingerprint density at radius 3 is 2.42 bits per heavy atom. The first-order valence-electron chi connectivity index (χ1n) is 7.66. The van der Waals surface area contributed by atoms with Crippen LogP contribution in [0.3, 0.4) is 0 Å². The number of terminal acetylenes is 1. The largest absolute Gasteiger partial charge is 0.493 e. The number of rotatable bonds is 7. The molecule has 0 unspecified atom stereocenters. The van der Waals surface area contributed by atoms with E-state index in [-0.39, 0.29) is 29.4 Å². The highest BCUT2D eigenvalue weighted by molar-refractivity contribution is 14.0. The van der Waals surface area contributed by atoms with Crippen molar-refractivity contribution in [3.63, 3.8) is 0 Å². The minimum atomic E-state index is -0.155. The Bertz CT molecular complexity index is 580. The molecule has 0 heterocycles. The van der Waals surface area contributed by atoms with Crippen LogP contribution in [-0.2, 0) is 5.41 Å². The van der Waals surface area contributed by atoms with Gasteiger partial charge in [0, 0.05) is 12.0 Å². The summed E-state index contributed by atoms with van der Waals surface area (Å²) in [5, 5.41) is 6.27. The highest BCUT2D eigenvalue weighted by atomic mass is 127. The summed E-state index contributed by atoms with van der Waals surface area (Å²) in [6.45, 7) is 8.15. The van der Waals surface area contributed by atoms with Crippen LogP contribution in [-0.4, -0.2) is 39.8 Å². The molecule has 0 aliphatic carbocycles. The van der Waals surface area contributed by atoms with E-state index in [2.05, 4.69) is 35.4 Å². The van der Waals surface area contributed by atoms with Crippen molar-refractivity contribution >= 4 is 29.9 Å². The van der Waals surface area contributed by atoms with Gasteiger partial charge in [-0.2, -0.15) is 0 Å². The van der Waals surface area contributed by atoms with Gasteiger partial charge in [-0.05, 0) is 24.6 Å². The van der Waals surface area contributed by atoms with Crippen LogP contribution in [0.1, 0.15) is 26.3 Å². The smallest absolute Gasteiger partial charge is 0.192 e. The summed E-state index contributed by atoms with van der Waals surface area (Å²) >= 11 is 0. The maximum absolute atomic E-state index is 5.38. The van der Waals surface area contributed by atoms with Crippen molar-refractivity contribution in [1.82, 2.24) is 10.6 Å². The van der Waals surface area contributed by atoms with Gasteiger partial charge < -0.3 is 20.1 Å². The number of nitrogens with one attached hydrogen (secondary N) is 2. The van der Waals surface area contributed by atoms with E-state index in [9.17, 15) is 0 Å². The van der Waals surface area contributed by atoms with Gasteiger partial charge in [-0.3, -0.25) is 4.99 Å². The first-order chi connectivity index (χ1) is 11.0. The molecule has 1 aromatic carbocycles. The molecule has 0 saturated heterocycles. The summed E-state index contributed by atoms with van der Waals surface area (Å²) in [6.07, 6.45) is 5.28. The van der Waals surface area contributed by atoms with E-state index in [1.54, 1.807) is 14.2 Å². The highest BCUT2D eigenvalue weighted by Crippen LogP contribution is 2.33. The monoisotopic (exact) mass is 445 g/mol. The van der Waals surface area contributed by atoms with Gasteiger partial charge >= 0.3 is 0 Å². The number of methoxy groups -OCH3 is 2. The number of ether oxygens (including phenoxy) is 2. The van der Waals surface area contributed by atoms with E-state index in [1.165, 1.54) is 0 Å². The molecule has 2 N–H and O–H groups in total. The van der Waals surface area contributed by atoms with Gasteiger partial charge in [-0.25, -0.2) is 0 Å². The maximum Gasteiger partial charge on any atom is 0.192 e. The minimum absolute atomic E-state index is 0. The predicted octanol–water partition coefficient (Wildman–Crippen LogP) is 2.79. The van der Waals surface area contributed by atoms with Crippen LogP contribution in [0, 0.1) is 12.3 Å². The normalized spacial score (nSPS) is 11.1. The molecule has 5 nitrogen and oxygen atoms in total. The number of nitrogens with zero attached hydrogens (tertiary/aromatic N) is 1. The molecular formula is C18H28IN3O2. The number of hydrogen-bond acceptors (Lipinski definition) is 3. The number of guanidine groups is 1. The molecule has 0 atom stereocenters. The van der Waals surface area contributed by atoms with Crippen LogP contribution >= 0.6 is 24.0 Å². The Kier molecular flexibility index (Phi) is 10.3. The maximum atomic E-state index is 5.38. The molecule has 0 saturated carbocycles. The van der Waals surface area contributed by atoms with Crippen molar-refractivity contribution in [2.75, 3.05) is 33.9 Å². The van der Waals surface area contributed by atoms with E-state index in [1.807, 2.05) is 25.1 Å². The van der Waals surface area contributed by atoms with Gasteiger partial charge in [0.15, 0.2) is 17.5 Å². The summed E-state index contributed by atoms with van der Waals surface area (Å²) in [5.41, 5.74) is 0.976. The zero-order chi connectivity index (χ0) is 17.3. The van der Waals surface area contributed by atoms with Crippen LogP contribution in [0.4, 0.5) is 0 Å². The topological polar surface area (TPSA) is 54.9 Å². The minimum Gasteiger partial charge on any atom is -0.493 e. The molecule has 0 aromatic heterocycles. The van der Waals surface area contributed by atoms with Gasteiger partial charge in [0.05, 0.1) is 27.3 Å². The Morgan fingerprint density at radius 2 is 1.88 bits per heavy atom. The molecule has 1 rings (SSSR count). The lowest BCUT2D eigenvalue weighted by Crippen LogP contribution is -2.38. The summed E-state index contributed by atoms with van der Waals surface area (Å²) in [4.78, 5) is 4.62. The third kappa shape index (κ3) is 6.48. The van der Waals surface area contributed by atoms with Crippen LogP contribution in [0.25, 0.3) is 0 Å². The Hall–Kier alpha value is -1.62. The molecule has 0 radical (unpaired) electrons. The molecule has 24 heavy (non-hydrogen) atoms. The zero-order valence-corrected chi connectivity index (χ0v) is 17.4. The van der Waals surface area contributed by atoms with Crippen LogP contribution in [0.5, 0.6) is 11.5 Å². The lowest BCUT2D eigenvalue weighted by molar-refractivity contribution is 0.353. The summed E-state index contributed by atoms with van der Waals surface area (Å²) in [7, 11) is 3.27. The fraction of sp³-hybridized carbons (Fsp3) is 0.500. The van der Waals surface area contributed by atoms with Crippen LogP contribution in [0.15, 0.2) is 23.2 Å². The average molecular weight is 445 g/mol. The molecule has 0 amide bonds. The standard InChI is InChI=1S/C18H27N3O2.HI/c1-7-11-20-17(19-8-2)21-13-18(3,4)14-9-10-15(22-5)16(12-14)23-6;/h1,9-10,12H,8,11,13H2,2-6H3,(H2,19,20,21);1H. The molecule has 1 aromatic rings. The van der Waals surface area contributed by atoms with Gasteiger partial charge in [0.25, 0.3) is 0 Å². The van der Waals surface area contributed by atoms with Crippen molar-refractivity contribution in [1.29, 1.82) is 0 Å². The third-order valence-electron chi connectivity index (χ3n) is 3.50. The number of benzene rings is 1. The van der Waals surface area contributed by atoms with E-state index in [0.717, 1.165) is 29.6 Å². The van der Waals surface area contributed by atoms with Gasteiger partial charge in [0.1, 0.15) is 0 Å². The zero-order valence-electron chi connectivity index (χ0n) is 15.1. The first-order valence-corrected chi connectivity index (χ1v) is 7.66. The summed E-state index contributed by atoms with van der Waals surface area (Å²) < 4.78 is 10.7. The fourth-order valence-corrected chi connectivity index (χ4v) is 2.10. The van der Waals surface area contributed by atoms with Crippen molar-refractivity contribution < 1.29 is 9.47 Å². The van der Waals surface area contributed by atoms with Crippen molar-refractivity contribution in [2.45, 2.75) is 26.2 Å². The molecule has 0 bridgehead atoms. The predicted molar refractivity (Wildman–Crippen MR) is 111 cm³/mol. The quantitative estimate of drug-likeness (QED) is 0.294. The number of halogens is 1. The van der Waals surface area contributed by atoms with Crippen LogP contribution < -0.4 is 20.1 Å². The van der Waals surface area contributed by atoms with E-state index >= 15 is 0 Å². The second-order valence-corrected chi connectivity index (χ2v) is 5.71. The van der Waals surface area contributed by atoms with E-state index in [0.29, 0.717) is 13.1 Å². The molecular weight excluding hydrogens is 417 g/mol. The average Bonchev–Trinajstić information content (AvgIpc) is 2.56. The van der Waals surface area contributed by atoms with Crippen molar-refractivity contribution in [3.8, 4) is 23.8 Å². The van der Waals surface area contributed by atoms with Gasteiger partial charge in [-0.1, -0.05) is 25.8 Å². The Balaban J connectivity index is 0.00000529. The molecule has 0 aliphatic rings. The first kappa shape index (κ1) is 22.4. The summed E-state index contributed by atoms with van der Waals surface area (Å²) in [6, 6.07) is 5.95. The van der Waals surface area contributed by atoms with Crippen molar-refractivity contribution in [2.24, 2.45) is 4.99 Å². The van der Waals surface area contributed by atoms with E-state index < -0.39 is 0 Å². The molecule has 0 spiro atoms. The molecule has 0 fully saturated rings. The van der Waals surface area contributed by atoms with Crippen LogP contribution in [0.2, 0.25) is 0 Å². The Labute approximate surface area is 162 Å². The lowest BCUT2D eigenvalue weighted by Gasteiger charge is -2.25. The number of hydrogen-bond donors (Lipinski definition) is 2. The Morgan fingerprint density at radius 1 is 1.21 bits per heavy atom.